The van der Waals surface area contributed by atoms with Gasteiger partial charge in [0.2, 0.25) is 5.91 Å². The molecule has 19 heavy (non-hydrogen) atoms. The van der Waals surface area contributed by atoms with Gasteiger partial charge in [-0.25, -0.2) is 0 Å². The molecule has 1 amide bonds. The number of carbonyl (C=O) groups is 1. The molecule has 4 nitrogen and oxygen atoms in total. The van der Waals surface area contributed by atoms with E-state index >= 15 is 0 Å². The first-order chi connectivity index (χ1) is 8.77. The lowest BCUT2D eigenvalue weighted by Gasteiger charge is -2.27. The van der Waals surface area contributed by atoms with E-state index in [4.69, 9.17) is 10.5 Å². The van der Waals surface area contributed by atoms with Gasteiger partial charge < -0.3 is 15.8 Å². The number of amides is 1. The second-order valence-corrected chi connectivity index (χ2v) is 5.82. The Balaban J connectivity index is 2.80. The summed E-state index contributed by atoms with van der Waals surface area (Å²) in [7, 11) is 1.62. The van der Waals surface area contributed by atoms with E-state index < -0.39 is 6.04 Å². The van der Waals surface area contributed by atoms with Crippen LogP contribution < -0.4 is 15.8 Å². The molecule has 1 rings (SSSR count). The Morgan fingerprint density at radius 1 is 1.32 bits per heavy atom. The molecule has 0 bridgehead atoms. The van der Waals surface area contributed by atoms with Crippen molar-refractivity contribution in [3.05, 3.63) is 29.8 Å². The van der Waals surface area contributed by atoms with Crippen LogP contribution in [0.2, 0.25) is 0 Å². The van der Waals surface area contributed by atoms with Crippen molar-refractivity contribution in [2.24, 2.45) is 11.1 Å². The number of nitrogens with one attached hydrogen (secondary N) is 1. The van der Waals surface area contributed by atoms with Crippen LogP contribution in [0.1, 0.15) is 39.3 Å². The number of nitrogens with two attached hydrogens (primary N) is 1. The van der Waals surface area contributed by atoms with E-state index in [1.807, 2.05) is 52.0 Å². The Morgan fingerprint density at radius 3 is 2.42 bits per heavy atom. The zero-order chi connectivity index (χ0) is 14.6. The second kappa shape index (κ2) is 6.06. The third-order valence-electron chi connectivity index (χ3n) is 3.18. The van der Waals surface area contributed by atoms with Crippen LogP contribution in [0.4, 0.5) is 0 Å². The number of ether oxygens (including phenoxy) is 1. The Labute approximate surface area is 115 Å². The second-order valence-electron chi connectivity index (χ2n) is 5.82. The van der Waals surface area contributed by atoms with Gasteiger partial charge in [0.25, 0.3) is 0 Å². The monoisotopic (exact) mass is 264 g/mol. The summed E-state index contributed by atoms with van der Waals surface area (Å²) in [5.74, 6) is 0.616. The summed E-state index contributed by atoms with van der Waals surface area (Å²) in [5.41, 5.74) is 6.63. The predicted octanol–water partition coefficient (Wildman–Crippen LogP) is 2.25. The third kappa shape index (κ3) is 3.96. The van der Waals surface area contributed by atoms with Crippen LogP contribution in [-0.2, 0) is 4.79 Å². The molecule has 0 aliphatic carbocycles. The van der Waals surface area contributed by atoms with E-state index in [9.17, 15) is 4.79 Å². The lowest BCUT2D eigenvalue weighted by atomic mass is 9.86. The van der Waals surface area contributed by atoms with Crippen LogP contribution >= 0.6 is 0 Å². The Bertz CT molecular complexity index is 438. The van der Waals surface area contributed by atoms with E-state index in [0.29, 0.717) is 0 Å². The normalized spacial score (nSPS) is 14.6. The van der Waals surface area contributed by atoms with Crippen molar-refractivity contribution in [2.75, 3.05) is 7.11 Å². The Hall–Kier alpha value is -1.55. The predicted molar refractivity (Wildman–Crippen MR) is 77.0 cm³/mol. The van der Waals surface area contributed by atoms with Gasteiger partial charge in [-0.3, -0.25) is 4.79 Å². The number of hydrogen-bond acceptors (Lipinski definition) is 3. The standard InChI is InChI=1S/C15H24N2O2/c1-10(11-8-6-7-9-12(11)19-5)17-14(18)13(16)15(2,3)4/h6-10,13H,16H2,1-5H3,(H,17,18)/t10?,13-/m0/s1. The number of para-hydroxylation sites is 1. The van der Waals surface area contributed by atoms with E-state index in [0.717, 1.165) is 11.3 Å². The highest BCUT2D eigenvalue weighted by atomic mass is 16.5. The molecule has 0 radical (unpaired) electrons. The molecule has 1 aromatic carbocycles. The number of benzene rings is 1. The molecule has 0 spiro atoms. The number of rotatable bonds is 4. The molecule has 4 heteroatoms. The van der Waals surface area contributed by atoms with E-state index in [1.165, 1.54) is 0 Å². The van der Waals surface area contributed by atoms with Gasteiger partial charge in [-0.05, 0) is 18.4 Å². The Morgan fingerprint density at radius 2 is 1.89 bits per heavy atom. The molecule has 0 aromatic heterocycles. The van der Waals surface area contributed by atoms with Crippen LogP contribution in [0.15, 0.2) is 24.3 Å². The van der Waals surface area contributed by atoms with E-state index in [-0.39, 0.29) is 17.4 Å². The van der Waals surface area contributed by atoms with Gasteiger partial charge >= 0.3 is 0 Å². The summed E-state index contributed by atoms with van der Waals surface area (Å²) in [6.45, 7) is 7.77. The fourth-order valence-electron chi connectivity index (χ4n) is 1.80. The number of methoxy groups -OCH3 is 1. The van der Waals surface area contributed by atoms with Gasteiger partial charge in [0.15, 0.2) is 0 Å². The molecule has 0 heterocycles. The van der Waals surface area contributed by atoms with Gasteiger partial charge in [0, 0.05) is 5.56 Å². The molecule has 0 fully saturated rings. The lowest BCUT2D eigenvalue weighted by molar-refractivity contribution is -0.125. The van der Waals surface area contributed by atoms with E-state index in [2.05, 4.69) is 5.32 Å². The maximum Gasteiger partial charge on any atom is 0.237 e. The van der Waals surface area contributed by atoms with Crippen LogP contribution in [0.3, 0.4) is 0 Å². The highest BCUT2D eigenvalue weighted by molar-refractivity contribution is 5.82. The average molecular weight is 264 g/mol. The topological polar surface area (TPSA) is 64.3 Å². The summed E-state index contributed by atoms with van der Waals surface area (Å²) >= 11 is 0. The third-order valence-corrected chi connectivity index (χ3v) is 3.18. The minimum Gasteiger partial charge on any atom is -0.496 e. The first kappa shape index (κ1) is 15.5. The van der Waals surface area contributed by atoms with Gasteiger partial charge in [-0.1, -0.05) is 39.0 Å². The van der Waals surface area contributed by atoms with Crippen molar-refractivity contribution >= 4 is 5.91 Å². The minimum atomic E-state index is -0.537. The molecule has 0 aliphatic heterocycles. The summed E-state index contributed by atoms with van der Waals surface area (Å²) in [5, 5.41) is 2.93. The molecule has 1 unspecified atom stereocenters. The van der Waals surface area contributed by atoms with Gasteiger partial charge in [-0.2, -0.15) is 0 Å². The summed E-state index contributed by atoms with van der Waals surface area (Å²) in [4.78, 5) is 12.1. The maximum atomic E-state index is 12.1. The molecular weight excluding hydrogens is 240 g/mol. The summed E-state index contributed by atoms with van der Waals surface area (Å²) in [6, 6.07) is 6.96. The molecular formula is C15H24N2O2. The SMILES string of the molecule is COc1ccccc1C(C)NC(=O)[C@H](N)C(C)(C)C. The van der Waals surface area contributed by atoms with Crippen LogP contribution in [0, 0.1) is 5.41 Å². The fourth-order valence-corrected chi connectivity index (χ4v) is 1.80. The van der Waals surface area contributed by atoms with Gasteiger partial charge in [0.05, 0.1) is 19.2 Å². The fraction of sp³-hybridized carbons (Fsp3) is 0.533. The number of carbonyl (C=O) groups excluding carboxylic acids is 1. The molecule has 0 saturated carbocycles. The van der Waals surface area contributed by atoms with Crippen LogP contribution in [-0.4, -0.2) is 19.1 Å². The van der Waals surface area contributed by atoms with Crippen molar-refractivity contribution in [3.63, 3.8) is 0 Å². The average Bonchev–Trinajstić information content (AvgIpc) is 2.36. The van der Waals surface area contributed by atoms with Crippen molar-refractivity contribution in [2.45, 2.75) is 39.8 Å². The first-order valence-corrected chi connectivity index (χ1v) is 6.46. The van der Waals surface area contributed by atoms with E-state index in [1.54, 1.807) is 7.11 Å². The molecule has 3 N–H and O–H groups in total. The molecule has 0 aliphatic rings. The zero-order valence-electron chi connectivity index (χ0n) is 12.4. The molecule has 0 saturated heterocycles. The largest absolute Gasteiger partial charge is 0.496 e. The zero-order valence-corrected chi connectivity index (χ0v) is 12.4. The maximum absolute atomic E-state index is 12.1. The van der Waals surface area contributed by atoms with Crippen LogP contribution in [0.5, 0.6) is 5.75 Å². The summed E-state index contributed by atoms with van der Waals surface area (Å²) < 4.78 is 5.29. The lowest BCUT2D eigenvalue weighted by Crippen LogP contribution is -2.49. The highest BCUT2D eigenvalue weighted by Crippen LogP contribution is 2.25. The summed E-state index contributed by atoms with van der Waals surface area (Å²) in [6.07, 6.45) is 0. The van der Waals surface area contributed by atoms with Crippen molar-refractivity contribution in [3.8, 4) is 5.75 Å². The molecule has 1 aromatic rings. The smallest absolute Gasteiger partial charge is 0.237 e. The first-order valence-electron chi connectivity index (χ1n) is 6.46. The van der Waals surface area contributed by atoms with Gasteiger partial charge in [0.1, 0.15) is 5.75 Å². The minimum absolute atomic E-state index is 0.142. The van der Waals surface area contributed by atoms with Crippen molar-refractivity contribution < 1.29 is 9.53 Å². The quantitative estimate of drug-likeness (QED) is 0.876. The highest BCUT2D eigenvalue weighted by Gasteiger charge is 2.28. The molecule has 106 valence electrons. The molecule has 2 atom stereocenters. The van der Waals surface area contributed by atoms with Crippen molar-refractivity contribution in [1.82, 2.24) is 5.32 Å². The number of hydrogen-bond donors (Lipinski definition) is 2. The van der Waals surface area contributed by atoms with Crippen LogP contribution in [0.25, 0.3) is 0 Å². The Kier molecular flexibility index (Phi) is 4.95. The van der Waals surface area contributed by atoms with Gasteiger partial charge in [-0.15, -0.1) is 0 Å². The van der Waals surface area contributed by atoms with Crippen molar-refractivity contribution in [1.29, 1.82) is 0 Å².